The van der Waals surface area contributed by atoms with Crippen LogP contribution in [0.2, 0.25) is 5.02 Å². The van der Waals surface area contributed by atoms with Gasteiger partial charge in [-0.1, -0.05) is 17.7 Å². The van der Waals surface area contributed by atoms with E-state index in [4.69, 9.17) is 11.6 Å². The van der Waals surface area contributed by atoms with Crippen LogP contribution in [0.4, 0.5) is 13.2 Å². The third-order valence-electron chi connectivity index (χ3n) is 2.03. The van der Waals surface area contributed by atoms with Gasteiger partial charge in [-0.05, 0) is 18.2 Å². The van der Waals surface area contributed by atoms with E-state index in [9.17, 15) is 13.2 Å². The Labute approximate surface area is 94.3 Å². The van der Waals surface area contributed by atoms with Gasteiger partial charge in [0.25, 0.3) is 0 Å². The Morgan fingerprint density at radius 2 is 1.94 bits per heavy atom. The smallest absolute Gasteiger partial charge is 0.239 e. The van der Waals surface area contributed by atoms with E-state index in [1.807, 2.05) is 0 Å². The first kappa shape index (κ1) is 11.0. The Kier molecular flexibility index (Phi) is 2.63. The number of hydrogen-bond donors (Lipinski definition) is 0. The molecule has 1 aromatic heterocycles. The minimum Gasteiger partial charge on any atom is -0.239 e. The molecule has 0 N–H and O–H groups in total. The van der Waals surface area contributed by atoms with Crippen LogP contribution in [0.3, 0.4) is 0 Å². The van der Waals surface area contributed by atoms with Gasteiger partial charge in [-0.2, -0.15) is 18.3 Å². The zero-order valence-corrected chi connectivity index (χ0v) is 8.63. The maximum atomic E-state index is 12.7. The highest BCUT2D eigenvalue weighted by atomic mass is 35.5. The lowest BCUT2D eigenvalue weighted by Crippen LogP contribution is -2.11. The van der Waals surface area contributed by atoms with Crippen molar-refractivity contribution >= 4 is 11.6 Å². The Morgan fingerprint density at radius 3 is 2.50 bits per heavy atom. The lowest BCUT2D eigenvalue weighted by molar-refractivity contribution is -0.137. The van der Waals surface area contributed by atoms with Crippen LogP contribution in [-0.4, -0.2) is 9.78 Å². The number of halogens is 4. The summed E-state index contributed by atoms with van der Waals surface area (Å²) < 4.78 is 39.3. The van der Waals surface area contributed by atoms with Gasteiger partial charge in [0.2, 0.25) is 0 Å². The van der Waals surface area contributed by atoms with Gasteiger partial charge in [0.05, 0.1) is 16.3 Å². The molecule has 0 radical (unpaired) electrons. The highest BCUT2D eigenvalue weighted by Gasteiger charge is 2.34. The van der Waals surface area contributed by atoms with E-state index in [1.165, 1.54) is 30.6 Å². The molecule has 0 aliphatic carbocycles. The summed E-state index contributed by atoms with van der Waals surface area (Å²) in [6.45, 7) is 0. The van der Waals surface area contributed by atoms with Crippen LogP contribution in [-0.2, 0) is 6.18 Å². The van der Waals surface area contributed by atoms with Gasteiger partial charge in [-0.3, -0.25) is 0 Å². The number of alkyl halides is 3. The van der Waals surface area contributed by atoms with Crippen molar-refractivity contribution < 1.29 is 13.2 Å². The quantitative estimate of drug-likeness (QED) is 0.752. The molecular formula is C10H6ClF3N2. The van der Waals surface area contributed by atoms with Crippen LogP contribution < -0.4 is 0 Å². The normalized spacial score (nSPS) is 11.8. The molecule has 0 saturated heterocycles. The average molecular weight is 247 g/mol. The maximum absolute atomic E-state index is 12.7. The largest absolute Gasteiger partial charge is 0.418 e. The van der Waals surface area contributed by atoms with Crippen molar-refractivity contribution in [2.75, 3.05) is 0 Å². The third kappa shape index (κ3) is 1.90. The fraction of sp³-hybridized carbons (Fsp3) is 0.100. The molecule has 1 heterocycles. The van der Waals surface area contributed by atoms with E-state index >= 15 is 0 Å². The lowest BCUT2D eigenvalue weighted by atomic mass is 10.1. The highest BCUT2D eigenvalue weighted by Crippen LogP contribution is 2.36. The summed E-state index contributed by atoms with van der Waals surface area (Å²) in [4.78, 5) is 0. The summed E-state index contributed by atoms with van der Waals surface area (Å²) in [6, 6.07) is 5.17. The van der Waals surface area contributed by atoms with Gasteiger partial charge in [-0.25, -0.2) is 4.68 Å². The molecule has 1 aromatic carbocycles. The Morgan fingerprint density at radius 1 is 1.19 bits per heavy atom. The average Bonchev–Trinajstić information content (AvgIpc) is 2.68. The van der Waals surface area contributed by atoms with Crippen molar-refractivity contribution in [1.82, 2.24) is 9.78 Å². The zero-order valence-electron chi connectivity index (χ0n) is 7.87. The molecule has 6 heteroatoms. The van der Waals surface area contributed by atoms with Crippen molar-refractivity contribution in [1.29, 1.82) is 0 Å². The van der Waals surface area contributed by atoms with Crippen LogP contribution in [0.5, 0.6) is 0 Å². The zero-order chi connectivity index (χ0) is 11.8. The first-order valence-electron chi connectivity index (χ1n) is 4.36. The molecular weight excluding hydrogens is 241 g/mol. The summed E-state index contributed by atoms with van der Waals surface area (Å²) in [5.74, 6) is 0. The monoisotopic (exact) mass is 246 g/mol. The van der Waals surface area contributed by atoms with Crippen LogP contribution in [0.1, 0.15) is 5.56 Å². The molecule has 0 amide bonds. The number of nitrogens with zero attached hydrogens (tertiary/aromatic N) is 2. The molecule has 0 bridgehead atoms. The molecule has 0 saturated carbocycles. The van der Waals surface area contributed by atoms with Crippen LogP contribution >= 0.6 is 11.6 Å². The summed E-state index contributed by atoms with van der Waals surface area (Å²) in [6.07, 6.45) is -1.65. The van der Waals surface area contributed by atoms with E-state index in [-0.39, 0.29) is 10.7 Å². The van der Waals surface area contributed by atoms with Crippen molar-refractivity contribution in [3.05, 3.63) is 47.2 Å². The van der Waals surface area contributed by atoms with Crippen LogP contribution in [0, 0.1) is 0 Å². The van der Waals surface area contributed by atoms with Crippen molar-refractivity contribution in [3.8, 4) is 5.69 Å². The molecule has 0 unspecified atom stereocenters. The second-order valence-corrected chi connectivity index (χ2v) is 3.49. The molecule has 16 heavy (non-hydrogen) atoms. The van der Waals surface area contributed by atoms with Gasteiger partial charge in [-0.15, -0.1) is 0 Å². The van der Waals surface area contributed by atoms with Gasteiger partial charge in [0.1, 0.15) is 0 Å². The molecule has 2 aromatic rings. The molecule has 2 rings (SSSR count). The standard InChI is InChI=1S/C10H6ClF3N2/c11-8-4-1-3-7(10(12,13)14)9(8)16-6-2-5-15-16/h1-6H. The number of benzene rings is 1. The number of aromatic nitrogens is 2. The van der Waals surface area contributed by atoms with Gasteiger partial charge in [0.15, 0.2) is 0 Å². The number of rotatable bonds is 1. The van der Waals surface area contributed by atoms with Crippen molar-refractivity contribution in [2.24, 2.45) is 0 Å². The van der Waals surface area contributed by atoms with Gasteiger partial charge >= 0.3 is 6.18 Å². The predicted octanol–water partition coefficient (Wildman–Crippen LogP) is 3.54. The third-order valence-corrected chi connectivity index (χ3v) is 2.33. The minimum absolute atomic E-state index is 0.0125. The lowest BCUT2D eigenvalue weighted by Gasteiger charge is -2.13. The second-order valence-electron chi connectivity index (χ2n) is 3.08. The molecule has 2 nitrogen and oxygen atoms in total. The second kappa shape index (κ2) is 3.83. The number of hydrogen-bond acceptors (Lipinski definition) is 1. The first-order valence-corrected chi connectivity index (χ1v) is 4.73. The van der Waals surface area contributed by atoms with E-state index in [0.717, 1.165) is 10.7 Å². The Bertz CT molecular complexity index is 491. The van der Waals surface area contributed by atoms with E-state index in [1.54, 1.807) is 0 Å². The molecule has 0 atom stereocenters. The fourth-order valence-corrected chi connectivity index (χ4v) is 1.64. The maximum Gasteiger partial charge on any atom is 0.418 e. The van der Waals surface area contributed by atoms with E-state index in [0.29, 0.717) is 0 Å². The SMILES string of the molecule is FC(F)(F)c1cccc(Cl)c1-n1cccn1. The van der Waals surface area contributed by atoms with Gasteiger partial charge in [0, 0.05) is 12.4 Å². The predicted molar refractivity (Wildman–Crippen MR) is 53.6 cm³/mol. The number of para-hydroxylation sites is 1. The van der Waals surface area contributed by atoms with Crippen molar-refractivity contribution in [3.63, 3.8) is 0 Å². The van der Waals surface area contributed by atoms with Crippen LogP contribution in [0.15, 0.2) is 36.7 Å². The Hall–Kier alpha value is -1.49. The molecule has 0 fully saturated rings. The van der Waals surface area contributed by atoms with Crippen molar-refractivity contribution in [2.45, 2.75) is 6.18 Å². The summed E-state index contributed by atoms with van der Waals surface area (Å²) in [5.41, 5.74) is -0.953. The summed E-state index contributed by atoms with van der Waals surface area (Å²) >= 11 is 5.77. The minimum atomic E-state index is -4.45. The first-order chi connectivity index (χ1) is 7.50. The fourth-order valence-electron chi connectivity index (χ4n) is 1.38. The molecule has 0 spiro atoms. The van der Waals surface area contributed by atoms with Gasteiger partial charge < -0.3 is 0 Å². The summed E-state index contributed by atoms with van der Waals surface area (Å²) in [5, 5.41) is 3.77. The van der Waals surface area contributed by atoms with E-state index < -0.39 is 11.7 Å². The molecule has 84 valence electrons. The molecule has 0 aliphatic heterocycles. The van der Waals surface area contributed by atoms with Crippen LogP contribution in [0.25, 0.3) is 5.69 Å². The summed E-state index contributed by atoms with van der Waals surface area (Å²) in [7, 11) is 0. The Balaban J connectivity index is 2.68. The molecule has 0 aliphatic rings. The topological polar surface area (TPSA) is 17.8 Å². The van der Waals surface area contributed by atoms with E-state index in [2.05, 4.69) is 5.10 Å². The highest BCUT2D eigenvalue weighted by molar-refractivity contribution is 6.32.